The first-order valence-electron chi connectivity index (χ1n) is 7.46. The highest BCUT2D eigenvalue weighted by Gasteiger charge is 2.34. The van der Waals surface area contributed by atoms with Crippen molar-refractivity contribution in [3.05, 3.63) is 41.9 Å². The second kappa shape index (κ2) is 7.09. The zero-order chi connectivity index (χ0) is 17.8. The Morgan fingerprint density at radius 2 is 2.12 bits per heavy atom. The number of benzene rings is 1. The minimum absolute atomic E-state index is 0.0944. The number of nitrogens with one attached hydrogen (secondary N) is 1. The number of rotatable bonds is 6. The van der Waals surface area contributed by atoms with Gasteiger partial charge in [0.1, 0.15) is 12.0 Å². The van der Waals surface area contributed by atoms with Gasteiger partial charge in [0.25, 0.3) is 5.91 Å². The molecule has 1 aromatic heterocycles. The normalized spacial score (nSPS) is 14.2. The van der Waals surface area contributed by atoms with E-state index < -0.39 is 5.97 Å². The van der Waals surface area contributed by atoms with Gasteiger partial charge in [-0.15, -0.1) is 5.10 Å². The van der Waals surface area contributed by atoms with Gasteiger partial charge < -0.3 is 20.1 Å². The summed E-state index contributed by atoms with van der Waals surface area (Å²) in [7, 11) is 1.26. The van der Waals surface area contributed by atoms with Gasteiger partial charge in [-0.2, -0.15) is 0 Å². The molecular formula is C15H16N6O4. The molecule has 10 nitrogen and oxygen atoms in total. The van der Waals surface area contributed by atoms with Crippen LogP contribution >= 0.6 is 0 Å². The molecule has 0 radical (unpaired) electrons. The van der Waals surface area contributed by atoms with Crippen LogP contribution in [0.5, 0.6) is 0 Å². The number of carbonyl (C=O) groups excluding carboxylic acids is 2. The number of anilines is 1. The fourth-order valence-corrected chi connectivity index (χ4v) is 2.47. The summed E-state index contributed by atoms with van der Waals surface area (Å²) in [5.41, 5.74) is 1.74. The van der Waals surface area contributed by atoms with Crippen LogP contribution in [0.1, 0.15) is 0 Å². The van der Waals surface area contributed by atoms with Crippen molar-refractivity contribution in [1.82, 2.24) is 25.1 Å². The van der Waals surface area contributed by atoms with Gasteiger partial charge in [-0.05, 0) is 34.7 Å². The Balaban J connectivity index is 1.83. The lowest BCUT2D eigenvalue weighted by Gasteiger charge is -2.15. The van der Waals surface area contributed by atoms with Crippen molar-refractivity contribution in [2.24, 2.45) is 0 Å². The fraction of sp³-hybridized carbons (Fsp3) is 0.267. The molecule has 0 saturated heterocycles. The highest BCUT2D eigenvalue weighted by atomic mass is 16.5. The molecule has 25 heavy (non-hydrogen) atoms. The molecule has 2 N–H and O–H groups in total. The van der Waals surface area contributed by atoms with E-state index in [1.165, 1.54) is 23.0 Å². The smallest absolute Gasteiger partial charge is 0.337 e. The van der Waals surface area contributed by atoms with E-state index in [0.717, 1.165) is 5.69 Å². The number of carbonyl (C=O) groups is 2. The second-order valence-corrected chi connectivity index (χ2v) is 5.22. The number of methoxy groups -OCH3 is 1. The van der Waals surface area contributed by atoms with Crippen LogP contribution in [-0.4, -0.2) is 68.9 Å². The number of aliphatic hydroxyl groups excluding tert-OH is 1. The van der Waals surface area contributed by atoms with Gasteiger partial charge in [0, 0.05) is 12.2 Å². The molecule has 1 aliphatic heterocycles. The predicted octanol–water partition coefficient (Wildman–Crippen LogP) is -0.664. The number of hydrogen-bond acceptors (Lipinski definition) is 8. The van der Waals surface area contributed by atoms with Crippen LogP contribution in [0.25, 0.3) is 5.69 Å². The monoisotopic (exact) mass is 344 g/mol. The first-order valence-corrected chi connectivity index (χ1v) is 7.46. The summed E-state index contributed by atoms with van der Waals surface area (Å²) < 4.78 is 6.23. The maximum absolute atomic E-state index is 12.4. The lowest BCUT2D eigenvalue weighted by Crippen LogP contribution is -2.31. The highest BCUT2D eigenvalue weighted by molar-refractivity contribution is 6.08. The molecule has 3 rings (SSSR count). The molecule has 0 aliphatic carbocycles. The summed E-state index contributed by atoms with van der Waals surface area (Å²) in [4.78, 5) is 25.8. The van der Waals surface area contributed by atoms with Gasteiger partial charge >= 0.3 is 5.97 Å². The Morgan fingerprint density at radius 3 is 2.72 bits per heavy atom. The van der Waals surface area contributed by atoms with Crippen LogP contribution < -0.4 is 5.32 Å². The Hall–Kier alpha value is -3.27. The van der Waals surface area contributed by atoms with Crippen molar-refractivity contribution < 1.29 is 19.4 Å². The molecule has 1 aliphatic rings. The zero-order valence-electron chi connectivity index (χ0n) is 13.4. The number of aromatic nitrogens is 4. The van der Waals surface area contributed by atoms with Gasteiger partial charge in [-0.3, -0.25) is 4.79 Å². The molecule has 0 fully saturated rings. The number of β-amino-alcohol motifs (C(OH)–C–C–N with tert-alkyl or cyclic N) is 1. The van der Waals surface area contributed by atoms with Gasteiger partial charge in [-0.1, -0.05) is 0 Å². The van der Waals surface area contributed by atoms with Crippen LogP contribution in [0, 0.1) is 0 Å². The van der Waals surface area contributed by atoms with Gasteiger partial charge in [0.2, 0.25) is 0 Å². The molecule has 2 heterocycles. The van der Waals surface area contributed by atoms with E-state index in [4.69, 9.17) is 9.84 Å². The number of nitrogens with zero attached hydrogens (tertiary/aromatic N) is 5. The van der Waals surface area contributed by atoms with E-state index in [1.54, 1.807) is 24.3 Å². The summed E-state index contributed by atoms with van der Waals surface area (Å²) in [6, 6.07) is 7.01. The van der Waals surface area contributed by atoms with Crippen molar-refractivity contribution in [1.29, 1.82) is 0 Å². The lowest BCUT2D eigenvalue weighted by atomic mass is 10.2. The molecule has 130 valence electrons. The Labute approximate surface area is 142 Å². The molecule has 0 bridgehead atoms. The van der Waals surface area contributed by atoms with E-state index in [0.29, 0.717) is 5.69 Å². The lowest BCUT2D eigenvalue weighted by molar-refractivity contribution is -0.136. The summed E-state index contributed by atoms with van der Waals surface area (Å²) in [6.45, 7) is 0.0496. The molecule has 0 atom stereocenters. The molecule has 0 spiro atoms. The average molecular weight is 344 g/mol. The zero-order valence-corrected chi connectivity index (χ0v) is 13.4. The standard InChI is InChI=1S/C15H16N6O4/c1-25-15(24)12-8-20(6-7-22)14(23)13(12)17-10-2-4-11(5-3-10)21-9-16-18-19-21/h2-5,9,17,22H,6-8H2,1H3. The first kappa shape index (κ1) is 16.6. The molecule has 2 aromatic rings. The predicted molar refractivity (Wildman–Crippen MR) is 85.5 cm³/mol. The van der Waals surface area contributed by atoms with Crippen molar-refractivity contribution in [3.63, 3.8) is 0 Å². The average Bonchev–Trinajstić information content (AvgIpc) is 3.26. The summed E-state index contributed by atoms with van der Waals surface area (Å²) in [6.07, 6.45) is 1.47. The minimum atomic E-state index is -0.582. The van der Waals surface area contributed by atoms with Gasteiger partial charge in [-0.25, -0.2) is 9.48 Å². The van der Waals surface area contributed by atoms with E-state index in [9.17, 15) is 9.59 Å². The van der Waals surface area contributed by atoms with Crippen molar-refractivity contribution in [2.75, 3.05) is 32.1 Å². The molecule has 1 amide bonds. The van der Waals surface area contributed by atoms with Gasteiger partial charge in [0.05, 0.1) is 31.5 Å². The van der Waals surface area contributed by atoms with Crippen molar-refractivity contribution in [2.45, 2.75) is 0 Å². The molecule has 0 saturated carbocycles. The van der Waals surface area contributed by atoms with E-state index in [1.807, 2.05) is 0 Å². The summed E-state index contributed by atoms with van der Waals surface area (Å²) in [5.74, 6) is -0.944. The largest absolute Gasteiger partial charge is 0.466 e. The second-order valence-electron chi connectivity index (χ2n) is 5.22. The number of amides is 1. The maximum Gasteiger partial charge on any atom is 0.337 e. The van der Waals surface area contributed by atoms with Crippen molar-refractivity contribution in [3.8, 4) is 5.69 Å². The first-order chi connectivity index (χ1) is 12.1. The molecular weight excluding hydrogens is 328 g/mol. The summed E-state index contributed by atoms with van der Waals surface area (Å²) >= 11 is 0. The topological polar surface area (TPSA) is 122 Å². The maximum atomic E-state index is 12.4. The van der Waals surface area contributed by atoms with E-state index >= 15 is 0 Å². The van der Waals surface area contributed by atoms with E-state index in [-0.39, 0.29) is 36.9 Å². The SMILES string of the molecule is COC(=O)C1=C(Nc2ccc(-n3cnnn3)cc2)C(=O)N(CCO)C1. The third-order valence-electron chi connectivity index (χ3n) is 3.70. The van der Waals surface area contributed by atoms with Crippen LogP contribution in [0.4, 0.5) is 5.69 Å². The summed E-state index contributed by atoms with van der Waals surface area (Å²) in [5, 5.41) is 22.9. The van der Waals surface area contributed by atoms with Crippen LogP contribution in [0.3, 0.4) is 0 Å². The number of esters is 1. The number of tetrazole rings is 1. The van der Waals surface area contributed by atoms with Gasteiger partial charge in [0.15, 0.2) is 0 Å². The third kappa shape index (κ3) is 3.33. The van der Waals surface area contributed by atoms with Crippen molar-refractivity contribution >= 4 is 17.6 Å². The quantitative estimate of drug-likeness (QED) is 0.662. The number of ether oxygens (including phenoxy) is 1. The number of aliphatic hydroxyl groups is 1. The fourth-order valence-electron chi connectivity index (χ4n) is 2.47. The molecule has 1 aromatic carbocycles. The minimum Gasteiger partial charge on any atom is -0.466 e. The van der Waals surface area contributed by atoms with Crippen LogP contribution in [0.15, 0.2) is 41.9 Å². The highest BCUT2D eigenvalue weighted by Crippen LogP contribution is 2.23. The Bertz CT molecular complexity index is 800. The molecule has 0 unspecified atom stereocenters. The third-order valence-corrected chi connectivity index (χ3v) is 3.70. The van der Waals surface area contributed by atoms with E-state index in [2.05, 4.69) is 20.8 Å². The molecule has 10 heteroatoms. The van der Waals surface area contributed by atoms with Crippen LogP contribution in [-0.2, 0) is 14.3 Å². The van der Waals surface area contributed by atoms with Crippen LogP contribution in [0.2, 0.25) is 0 Å². The Kier molecular flexibility index (Phi) is 4.70. The number of hydrogen-bond donors (Lipinski definition) is 2. The Morgan fingerprint density at radius 1 is 1.36 bits per heavy atom.